The van der Waals surface area contributed by atoms with Crippen molar-refractivity contribution in [3.8, 4) is 0 Å². The molecule has 0 spiro atoms. The molecule has 2 fully saturated rings. The molecule has 17 heavy (non-hydrogen) atoms. The summed E-state index contributed by atoms with van der Waals surface area (Å²) in [7, 11) is 0. The summed E-state index contributed by atoms with van der Waals surface area (Å²) < 4.78 is 0. The van der Waals surface area contributed by atoms with Gasteiger partial charge in [-0.2, -0.15) is 0 Å². The molecule has 0 saturated carbocycles. The summed E-state index contributed by atoms with van der Waals surface area (Å²) in [6.07, 6.45) is 4.83. The minimum Gasteiger partial charge on any atom is -0.391 e. The van der Waals surface area contributed by atoms with E-state index in [9.17, 15) is 9.90 Å². The molecular formula is C13H24N2O2. The number of aliphatic hydroxyl groups is 1. The Morgan fingerprint density at radius 2 is 2.18 bits per heavy atom. The fourth-order valence-electron chi connectivity index (χ4n) is 3.03. The number of piperidine rings is 2. The number of carbonyl (C=O) groups is 1. The molecule has 0 aromatic rings. The Bertz CT molecular complexity index is 262. The van der Waals surface area contributed by atoms with Crippen LogP contribution in [-0.4, -0.2) is 47.7 Å². The molecule has 98 valence electrons. The van der Waals surface area contributed by atoms with Gasteiger partial charge in [0.05, 0.1) is 18.1 Å². The predicted octanol–water partition coefficient (Wildman–Crippen LogP) is 0.748. The van der Waals surface area contributed by atoms with E-state index in [0.717, 1.165) is 51.7 Å². The van der Waals surface area contributed by atoms with Crippen LogP contribution in [0.3, 0.4) is 0 Å². The molecule has 0 aromatic carbocycles. The molecule has 2 N–H and O–H groups in total. The molecule has 4 heteroatoms. The number of rotatable bonds is 2. The standard InChI is InChI=1S/C13H24N2O2/c1-10(16)12-6-2-3-8-15(12)13(17)11-5-4-7-14-9-11/h10-12,14,16H,2-9H2,1H3/t10-,11-,12-/m0/s1. The Hall–Kier alpha value is -0.610. The summed E-state index contributed by atoms with van der Waals surface area (Å²) in [4.78, 5) is 14.4. The van der Waals surface area contributed by atoms with E-state index in [0.29, 0.717) is 0 Å². The summed E-state index contributed by atoms with van der Waals surface area (Å²) in [5, 5.41) is 13.1. The lowest BCUT2D eigenvalue weighted by Crippen LogP contribution is -2.52. The van der Waals surface area contributed by atoms with Crippen molar-refractivity contribution in [3.05, 3.63) is 0 Å². The van der Waals surface area contributed by atoms with Gasteiger partial charge in [0.2, 0.25) is 5.91 Å². The number of hydrogen-bond acceptors (Lipinski definition) is 3. The lowest BCUT2D eigenvalue weighted by atomic mass is 9.93. The third kappa shape index (κ3) is 2.99. The minimum absolute atomic E-state index is 0.0400. The third-order valence-corrected chi connectivity index (χ3v) is 4.04. The molecule has 2 aliphatic heterocycles. The van der Waals surface area contributed by atoms with Crippen LogP contribution >= 0.6 is 0 Å². The van der Waals surface area contributed by atoms with E-state index in [1.54, 1.807) is 6.92 Å². The molecule has 1 amide bonds. The van der Waals surface area contributed by atoms with Crippen LogP contribution < -0.4 is 5.32 Å². The van der Waals surface area contributed by atoms with E-state index in [4.69, 9.17) is 0 Å². The highest BCUT2D eigenvalue weighted by molar-refractivity contribution is 5.79. The number of nitrogens with zero attached hydrogens (tertiary/aromatic N) is 1. The largest absolute Gasteiger partial charge is 0.391 e. The second kappa shape index (κ2) is 5.83. The summed E-state index contributed by atoms with van der Waals surface area (Å²) in [5.74, 6) is 0.380. The minimum atomic E-state index is -0.407. The Balaban J connectivity index is 1.99. The van der Waals surface area contributed by atoms with Gasteiger partial charge in [0, 0.05) is 13.1 Å². The van der Waals surface area contributed by atoms with E-state index < -0.39 is 6.10 Å². The number of aliphatic hydroxyl groups excluding tert-OH is 1. The van der Waals surface area contributed by atoms with Crippen molar-refractivity contribution in [1.29, 1.82) is 0 Å². The van der Waals surface area contributed by atoms with Crippen molar-refractivity contribution in [1.82, 2.24) is 10.2 Å². The van der Waals surface area contributed by atoms with Crippen molar-refractivity contribution < 1.29 is 9.90 Å². The molecule has 2 rings (SSSR count). The van der Waals surface area contributed by atoms with Crippen LogP contribution in [0, 0.1) is 5.92 Å². The van der Waals surface area contributed by atoms with Gasteiger partial charge in [-0.1, -0.05) is 0 Å². The van der Waals surface area contributed by atoms with Crippen molar-refractivity contribution in [2.75, 3.05) is 19.6 Å². The van der Waals surface area contributed by atoms with E-state index >= 15 is 0 Å². The molecule has 4 nitrogen and oxygen atoms in total. The Morgan fingerprint density at radius 1 is 1.35 bits per heavy atom. The lowest BCUT2D eigenvalue weighted by molar-refractivity contribution is -0.142. The first-order chi connectivity index (χ1) is 8.20. The SMILES string of the molecule is C[C@H](O)[C@@H]1CCCCN1C(=O)[C@H]1CCCNC1. The number of carbonyl (C=O) groups excluding carboxylic acids is 1. The van der Waals surface area contributed by atoms with Gasteiger partial charge in [0.15, 0.2) is 0 Å². The van der Waals surface area contributed by atoms with E-state index in [1.807, 2.05) is 4.90 Å². The van der Waals surface area contributed by atoms with Gasteiger partial charge >= 0.3 is 0 Å². The van der Waals surface area contributed by atoms with Crippen molar-refractivity contribution in [2.45, 2.75) is 51.2 Å². The second-order valence-corrected chi connectivity index (χ2v) is 5.38. The maximum atomic E-state index is 12.4. The van der Waals surface area contributed by atoms with E-state index in [1.165, 1.54) is 0 Å². The topological polar surface area (TPSA) is 52.6 Å². The summed E-state index contributed by atoms with van der Waals surface area (Å²) in [5.41, 5.74) is 0. The van der Waals surface area contributed by atoms with Gasteiger partial charge in [0.1, 0.15) is 0 Å². The van der Waals surface area contributed by atoms with E-state index in [-0.39, 0.29) is 17.9 Å². The van der Waals surface area contributed by atoms with Crippen LogP contribution in [0.4, 0.5) is 0 Å². The highest BCUT2D eigenvalue weighted by Gasteiger charge is 2.33. The number of nitrogens with one attached hydrogen (secondary N) is 1. The smallest absolute Gasteiger partial charge is 0.227 e. The molecule has 2 saturated heterocycles. The Morgan fingerprint density at radius 3 is 2.82 bits per heavy atom. The zero-order valence-corrected chi connectivity index (χ0v) is 10.7. The zero-order valence-electron chi connectivity index (χ0n) is 10.7. The number of hydrogen-bond donors (Lipinski definition) is 2. The fourth-order valence-corrected chi connectivity index (χ4v) is 3.03. The van der Waals surface area contributed by atoms with Crippen LogP contribution in [0.2, 0.25) is 0 Å². The zero-order chi connectivity index (χ0) is 12.3. The fraction of sp³-hybridized carbons (Fsp3) is 0.923. The van der Waals surface area contributed by atoms with Gasteiger partial charge in [-0.15, -0.1) is 0 Å². The maximum absolute atomic E-state index is 12.4. The first-order valence-corrected chi connectivity index (χ1v) is 6.89. The van der Waals surface area contributed by atoms with E-state index in [2.05, 4.69) is 5.32 Å². The average molecular weight is 240 g/mol. The molecule has 3 atom stereocenters. The highest BCUT2D eigenvalue weighted by Crippen LogP contribution is 2.23. The van der Waals surface area contributed by atoms with Gasteiger partial charge in [-0.3, -0.25) is 4.79 Å². The Kier molecular flexibility index (Phi) is 4.40. The molecule has 2 heterocycles. The lowest BCUT2D eigenvalue weighted by Gasteiger charge is -2.40. The van der Waals surface area contributed by atoms with Crippen LogP contribution in [0.5, 0.6) is 0 Å². The first-order valence-electron chi connectivity index (χ1n) is 6.89. The quantitative estimate of drug-likeness (QED) is 0.749. The third-order valence-electron chi connectivity index (χ3n) is 4.04. The van der Waals surface area contributed by atoms with Gasteiger partial charge in [-0.05, 0) is 45.6 Å². The number of amides is 1. The molecule has 0 aliphatic carbocycles. The summed E-state index contributed by atoms with van der Waals surface area (Å²) in [6.45, 7) is 4.46. The van der Waals surface area contributed by atoms with Gasteiger partial charge in [-0.25, -0.2) is 0 Å². The predicted molar refractivity (Wildman–Crippen MR) is 66.6 cm³/mol. The van der Waals surface area contributed by atoms with Crippen LogP contribution in [0.15, 0.2) is 0 Å². The monoisotopic (exact) mass is 240 g/mol. The van der Waals surface area contributed by atoms with Crippen LogP contribution in [0.25, 0.3) is 0 Å². The van der Waals surface area contributed by atoms with Gasteiger partial charge < -0.3 is 15.3 Å². The molecule has 0 unspecified atom stereocenters. The molecule has 0 aromatic heterocycles. The van der Waals surface area contributed by atoms with Gasteiger partial charge in [0.25, 0.3) is 0 Å². The average Bonchev–Trinajstić information content (AvgIpc) is 2.39. The summed E-state index contributed by atoms with van der Waals surface area (Å²) in [6, 6.07) is 0.0400. The normalized spacial score (nSPS) is 32.2. The molecule has 2 aliphatic rings. The van der Waals surface area contributed by atoms with Crippen molar-refractivity contribution in [2.24, 2.45) is 5.92 Å². The van der Waals surface area contributed by atoms with Crippen molar-refractivity contribution >= 4 is 5.91 Å². The highest BCUT2D eigenvalue weighted by atomic mass is 16.3. The molecule has 0 bridgehead atoms. The number of likely N-dealkylation sites (tertiary alicyclic amines) is 1. The molecular weight excluding hydrogens is 216 g/mol. The maximum Gasteiger partial charge on any atom is 0.227 e. The Labute approximate surface area is 103 Å². The van der Waals surface area contributed by atoms with Crippen LogP contribution in [0.1, 0.15) is 39.0 Å². The van der Waals surface area contributed by atoms with Crippen molar-refractivity contribution in [3.63, 3.8) is 0 Å². The first kappa shape index (κ1) is 12.8. The van der Waals surface area contributed by atoms with Crippen LogP contribution in [-0.2, 0) is 4.79 Å². The second-order valence-electron chi connectivity index (χ2n) is 5.38. The summed E-state index contributed by atoms with van der Waals surface area (Å²) >= 11 is 0. The molecule has 0 radical (unpaired) electrons.